The molecule has 0 fully saturated rings. The van der Waals surface area contributed by atoms with Crippen molar-refractivity contribution in [3.8, 4) is 11.5 Å². The fourth-order valence-corrected chi connectivity index (χ4v) is 2.71. The van der Waals surface area contributed by atoms with E-state index in [4.69, 9.17) is 9.47 Å². The molecule has 0 saturated carbocycles. The van der Waals surface area contributed by atoms with Gasteiger partial charge in [-0.05, 0) is 18.6 Å². The van der Waals surface area contributed by atoms with Crippen LogP contribution < -0.4 is 20.3 Å². The maximum atomic E-state index is 12.4. The molecule has 0 spiro atoms. The van der Waals surface area contributed by atoms with Crippen LogP contribution >= 0.6 is 0 Å². The van der Waals surface area contributed by atoms with Gasteiger partial charge in [0.25, 0.3) is 5.56 Å². The minimum Gasteiger partial charge on any atom is -0.493 e. The molecule has 0 radical (unpaired) electrons. The first-order valence-corrected chi connectivity index (χ1v) is 8.05. The summed E-state index contributed by atoms with van der Waals surface area (Å²) in [6, 6.07) is 13.6. The molecule has 2 aromatic carbocycles. The number of methoxy groups -OCH3 is 2. The van der Waals surface area contributed by atoms with Crippen LogP contribution in [-0.2, 0) is 6.54 Å². The van der Waals surface area contributed by atoms with Gasteiger partial charge in [0, 0.05) is 12.1 Å². The Labute approximate surface area is 145 Å². The van der Waals surface area contributed by atoms with Crippen LogP contribution in [0.15, 0.2) is 47.3 Å². The second kappa shape index (κ2) is 7.36. The molecule has 6 nitrogen and oxygen atoms in total. The molecule has 0 aliphatic carbocycles. The zero-order valence-corrected chi connectivity index (χ0v) is 14.5. The molecule has 2 N–H and O–H groups in total. The van der Waals surface area contributed by atoms with Gasteiger partial charge in [-0.1, -0.05) is 30.3 Å². The highest BCUT2D eigenvalue weighted by molar-refractivity contribution is 5.81. The van der Waals surface area contributed by atoms with E-state index < -0.39 is 0 Å². The number of benzene rings is 2. The third kappa shape index (κ3) is 3.64. The highest BCUT2D eigenvalue weighted by Crippen LogP contribution is 2.29. The van der Waals surface area contributed by atoms with Gasteiger partial charge in [0.05, 0.1) is 31.7 Å². The molecule has 0 saturated heterocycles. The van der Waals surface area contributed by atoms with Crippen LogP contribution in [0.25, 0.3) is 10.9 Å². The predicted molar refractivity (Wildman–Crippen MR) is 97.2 cm³/mol. The van der Waals surface area contributed by atoms with Crippen molar-refractivity contribution in [3.63, 3.8) is 0 Å². The van der Waals surface area contributed by atoms with Crippen molar-refractivity contribution in [2.75, 3.05) is 14.2 Å². The topological polar surface area (TPSA) is 76.2 Å². The van der Waals surface area contributed by atoms with Gasteiger partial charge >= 0.3 is 0 Å². The van der Waals surface area contributed by atoms with Crippen molar-refractivity contribution < 1.29 is 9.47 Å². The Morgan fingerprint density at radius 3 is 2.48 bits per heavy atom. The molecule has 25 heavy (non-hydrogen) atoms. The predicted octanol–water partition coefficient (Wildman–Crippen LogP) is 2.79. The number of ether oxygens (including phenoxy) is 2. The normalized spacial score (nSPS) is 12.1. The molecule has 1 aromatic heterocycles. The fraction of sp³-hybridized carbons (Fsp3) is 0.263. The number of hydrogen-bond acceptors (Lipinski definition) is 5. The van der Waals surface area contributed by atoms with Crippen LogP contribution in [-0.4, -0.2) is 24.2 Å². The summed E-state index contributed by atoms with van der Waals surface area (Å²) in [7, 11) is 3.09. The molecule has 1 atom stereocenters. The van der Waals surface area contributed by atoms with Crippen LogP contribution in [0.2, 0.25) is 0 Å². The average Bonchev–Trinajstić information content (AvgIpc) is 2.65. The minimum absolute atomic E-state index is 0.146. The molecule has 0 bridgehead atoms. The number of hydrogen-bond donors (Lipinski definition) is 2. The zero-order valence-electron chi connectivity index (χ0n) is 14.5. The molecular formula is C19H21N3O3. The third-order valence-corrected chi connectivity index (χ3v) is 4.13. The molecule has 0 amide bonds. The van der Waals surface area contributed by atoms with Crippen molar-refractivity contribution in [1.29, 1.82) is 0 Å². The van der Waals surface area contributed by atoms with E-state index in [0.717, 1.165) is 0 Å². The van der Waals surface area contributed by atoms with E-state index in [0.29, 0.717) is 34.8 Å². The summed E-state index contributed by atoms with van der Waals surface area (Å²) in [4.78, 5) is 19.7. The van der Waals surface area contributed by atoms with Crippen LogP contribution in [0.1, 0.15) is 24.4 Å². The number of nitrogens with zero attached hydrogens (tertiary/aromatic N) is 1. The van der Waals surface area contributed by atoms with Crippen molar-refractivity contribution in [1.82, 2.24) is 15.3 Å². The van der Waals surface area contributed by atoms with Crippen molar-refractivity contribution in [3.05, 3.63) is 64.2 Å². The number of aromatic nitrogens is 2. The first kappa shape index (κ1) is 17.0. The standard InChI is InChI=1S/C19H21N3O3/c1-12(13-7-5-4-6-8-13)20-11-18-21-15-10-17(25-3)16(24-2)9-14(15)19(23)22-18/h4-10,12,20H,11H2,1-3H3,(H,21,22,23)/t12-/m1/s1. The van der Waals surface area contributed by atoms with E-state index in [1.54, 1.807) is 19.2 Å². The van der Waals surface area contributed by atoms with Crippen molar-refractivity contribution >= 4 is 10.9 Å². The Hall–Kier alpha value is -2.86. The first-order valence-electron chi connectivity index (χ1n) is 8.05. The van der Waals surface area contributed by atoms with Gasteiger partial charge in [-0.25, -0.2) is 4.98 Å². The Kier molecular flexibility index (Phi) is 5.00. The van der Waals surface area contributed by atoms with Gasteiger partial charge in [-0.3, -0.25) is 4.79 Å². The Balaban J connectivity index is 1.86. The molecule has 3 aromatic rings. The zero-order chi connectivity index (χ0) is 17.8. The number of rotatable bonds is 6. The molecule has 0 aliphatic heterocycles. The van der Waals surface area contributed by atoms with Crippen LogP contribution in [0.5, 0.6) is 11.5 Å². The van der Waals surface area contributed by atoms with Gasteiger partial charge in [0.2, 0.25) is 0 Å². The largest absolute Gasteiger partial charge is 0.493 e. The lowest BCUT2D eigenvalue weighted by atomic mass is 10.1. The summed E-state index contributed by atoms with van der Waals surface area (Å²) in [5.74, 6) is 1.63. The van der Waals surface area contributed by atoms with Crippen molar-refractivity contribution in [2.24, 2.45) is 0 Å². The lowest BCUT2D eigenvalue weighted by Gasteiger charge is -2.14. The molecule has 0 aliphatic rings. The van der Waals surface area contributed by atoms with Gasteiger partial charge in [-0.15, -0.1) is 0 Å². The van der Waals surface area contributed by atoms with Gasteiger partial charge in [-0.2, -0.15) is 0 Å². The van der Waals surface area contributed by atoms with Crippen molar-refractivity contribution in [2.45, 2.75) is 19.5 Å². The molecule has 3 rings (SSSR count). The highest BCUT2D eigenvalue weighted by Gasteiger charge is 2.11. The summed E-state index contributed by atoms with van der Waals surface area (Å²) < 4.78 is 10.5. The summed E-state index contributed by atoms with van der Waals surface area (Å²) in [5, 5.41) is 3.84. The van der Waals surface area contributed by atoms with Crippen LogP contribution in [0.3, 0.4) is 0 Å². The van der Waals surface area contributed by atoms with Gasteiger partial charge in [0.15, 0.2) is 11.5 Å². The van der Waals surface area contributed by atoms with E-state index >= 15 is 0 Å². The van der Waals surface area contributed by atoms with Crippen LogP contribution in [0, 0.1) is 0 Å². The first-order chi connectivity index (χ1) is 12.1. The second-order valence-corrected chi connectivity index (χ2v) is 5.75. The SMILES string of the molecule is COc1cc2nc(CN[C@H](C)c3ccccc3)[nH]c(=O)c2cc1OC. The summed E-state index contributed by atoms with van der Waals surface area (Å²) in [5.41, 5.74) is 1.55. The lowest BCUT2D eigenvalue weighted by molar-refractivity contribution is 0.355. The minimum atomic E-state index is -0.199. The summed E-state index contributed by atoms with van der Waals surface area (Å²) >= 11 is 0. The molecule has 6 heteroatoms. The highest BCUT2D eigenvalue weighted by atomic mass is 16.5. The average molecular weight is 339 g/mol. The summed E-state index contributed by atoms with van der Waals surface area (Å²) in [6.45, 7) is 2.53. The molecule has 0 unspecified atom stereocenters. The fourth-order valence-electron chi connectivity index (χ4n) is 2.71. The Bertz CT molecular complexity index is 922. The van der Waals surface area contributed by atoms with Crippen LogP contribution in [0.4, 0.5) is 0 Å². The maximum absolute atomic E-state index is 12.4. The summed E-state index contributed by atoms with van der Waals surface area (Å²) in [6.07, 6.45) is 0. The second-order valence-electron chi connectivity index (χ2n) is 5.75. The number of aromatic amines is 1. The third-order valence-electron chi connectivity index (χ3n) is 4.13. The molecule has 1 heterocycles. The van der Waals surface area contributed by atoms with E-state index in [1.807, 2.05) is 18.2 Å². The lowest BCUT2D eigenvalue weighted by Crippen LogP contribution is -2.22. The Morgan fingerprint density at radius 1 is 1.12 bits per heavy atom. The van der Waals surface area contributed by atoms with E-state index in [9.17, 15) is 4.79 Å². The van der Waals surface area contributed by atoms with Gasteiger partial charge < -0.3 is 19.8 Å². The maximum Gasteiger partial charge on any atom is 0.258 e. The number of fused-ring (bicyclic) bond motifs is 1. The molecule has 130 valence electrons. The monoisotopic (exact) mass is 339 g/mol. The van der Waals surface area contributed by atoms with E-state index in [-0.39, 0.29) is 11.6 Å². The number of nitrogens with one attached hydrogen (secondary N) is 2. The van der Waals surface area contributed by atoms with E-state index in [1.165, 1.54) is 12.7 Å². The smallest absolute Gasteiger partial charge is 0.258 e. The molecular weight excluding hydrogens is 318 g/mol. The Morgan fingerprint density at radius 2 is 1.80 bits per heavy atom. The van der Waals surface area contributed by atoms with E-state index in [2.05, 4.69) is 34.3 Å². The quantitative estimate of drug-likeness (QED) is 0.722. The number of H-pyrrole nitrogens is 1. The van der Waals surface area contributed by atoms with Gasteiger partial charge in [0.1, 0.15) is 5.82 Å².